The second kappa shape index (κ2) is 7.68. The van der Waals surface area contributed by atoms with E-state index in [0.717, 1.165) is 31.4 Å². The second-order valence-corrected chi connectivity index (χ2v) is 3.65. The molecule has 4 heteroatoms. The SMILES string of the molecule is CCCCNC(=O)NCCc1cccnc1. The standard InChI is InChI=1S/C12H19N3O/c1-2-3-8-14-12(16)15-9-6-11-5-4-7-13-10-11/h4-5,7,10H,2-3,6,8-9H2,1H3,(H2,14,15,16). The molecule has 0 spiro atoms. The highest BCUT2D eigenvalue weighted by Crippen LogP contribution is 1.95. The van der Waals surface area contributed by atoms with Gasteiger partial charge in [0.1, 0.15) is 0 Å². The fraction of sp³-hybridized carbons (Fsp3) is 0.500. The normalized spacial score (nSPS) is 9.81. The van der Waals surface area contributed by atoms with E-state index in [1.165, 1.54) is 0 Å². The molecule has 0 bridgehead atoms. The first kappa shape index (κ1) is 12.5. The average Bonchev–Trinajstić information content (AvgIpc) is 2.31. The summed E-state index contributed by atoms with van der Waals surface area (Å²) in [5.74, 6) is 0. The minimum absolute atomic E-state index is 0.0858. The van der Waals surface area contributed by atoms with E-state index in [2.05, 4.69) is 22.5 Å². The van der Waals surface area contributed by atoms with Gasteiger partial charge in [-0.3, -0.25) is 4.98 Å². The largest absolute Gasteiger partial charge is 0.338 e. The van der Waals surface area contributed by atoms with E-state index in [9.17, 15) is 4.79 Å². The molecule has 0 saturated heterocycles. The van der Waals surface area contributed by atoms with Crippen LogP contribution in [0.1, 0.15) is 25.3 Å². The lowest BCUT2D eigenvalue weighted by Gasteiger charge is -2.06. The molecule has 1 rings (SSSR count). The fourth-order valence-electron chi connectivity index (χ4n) is 1.31. The van der Waals surface area contributed by atoms with Gasteiger partial charge in [-0.1, -0.05) is 19.4 Å². The van der Waals surface area contributed by atoms with Gasteiger partial charge in [-0.15, -0.1) is 0 Å². The van der Waals surface area contributed by atoms with Gasteiger partial charge in [0.25, 0.3) is 0 Å². The number of carbonyl (C=O) groups excluding carboxylic acids is 1. The quantitative estimate of drug-likeness (QED) is 0.719. The summed E-state index contributed by atoms with van der Waals surface area (Å²) in [5.41, 5.74) is 1.14. The minimum Gasteiger partial charge on any atom is -0.338 e. The molecule has 16 heavy (non-hydrogen) atoms. The Hall–Kier alpha value is -1.58. The van der Waals surface area contributed by atoms with Gasteiger partial charge in [-0.25, -0.2) is 4.79 Å². The van der Waals surface area contributed by atoms with Crippen LogP contribution in [0.2, 0.25) is 0 Å². The van der Waals surface area contributed by atoms with Gasteiger partial charge >= 0.3 is 6.03 Å². The Balaban J connectivity index is 2.09. The van der Waals surface area contributed by atoms with E-state index in [1.807, 2.05) is 18.3 Å². The average molecular weight is 221 g/mol. The van der Waals surface area contributed by atoms with Gasteiger partial charge in [0.2, 0.25) is 0 Å². The molecule has 88 valence electrons. The molecule has 1 aromatic heterocycles. The first-order chi connectivity index (χ1) is 7.83. The Morgan fingerprint density at radius 1 is 1.38 bits per heavy atom. The minimum atomic E-state index is -0.0858. The first-order valence-electron chi connectivity index (χ1n) is 5.73. The number of carbonyl (C=O) groups is 1. The van der Waals surface area contributed by atoms with E-state index in [4.69, 9.17) is 0 Å². The lowest BCUT2D eigenvalue weighted by molar-refractivity contribution is 0.241. The summed E-state index contributed by atoms with van der Waals surface area (Å²) in [6.45, 7) is 3.49. The highest BCUT2D eigenvalue weighted by molar-refractivity contribution is 5.73. The maximum absolute atomic E-state index is 11.3. The summed E-state index contributed by atoms with van der Waals surface area (Å²) in [6, 6.07) is 3.82. The maximum atomic E-state index is 11.3. The first-order valence-corrected chi connectivity index (χ1v) is 5.73. The van der Waals surface area contributed by atoms with Crippen LogP contribution in [0.3, 0.4) is 0 Å². The number of nitrogens with zero attached hydrogens (tertiary/aromatic N) is 1. The zero-order valence-corrected chi connectivity index (χ0v) is 9.70. The summed E-state index contributed by atoms with van der Waals surface area (Å²) in [4.78, 5) is 15.3. The summed E-state index contributed by atoms with van der Waals surface area (Å²) >= 11 is 0. The Morgan fingerprint density at radius 2 is 2.19 bits per heavy atom. The van der Waals surface area contributed by atoms with Crippen LogP contribution in [0.15, 0.2) is 24.5 Å². The monoisotopic (exact) mass is 221 g/mol. The van der Waals surface area contributed by atoms with E-state index in [-0.39, 0.29) is 6.03 Å². The molecule has 0 aliphatic carbocycles. The van der Waals surface area contributed by atoms with Crippen molar-refractivity contribution < 1.29 is 4.79 Å². The number of rotatable bonds is 6. The molecule has 2 amide bonds. The lowest BCUT2D eigenvalue weighted by atomic mass is 10.2. The van der Waals surface area contributed by atoms with Gasteiger partial charge < -0.3 is 10.6 Å². The van der Waals surface area contributed by atoms with E-state index in [1.54, 1.807) is 6.20 Å². The topological polar surface area (TPSA) is 54.0 Å². The summed E-state index contributed by atoms with van der Waals surface area (Å²) in [6.07, 6.45) is 6.49. The molecule has 0 aliphatic heterocycles. The fourth-order valence-corrected chi connectivity index (χ4v) is 1.31. The van der Waals surface area contributed by atoms with Gasteiger partial charge in [-0.2, -0.15) is 0 Å². The predicted molar refractivity (Wildman–Crippen MR) is 64.3 cm³/mol. The molecular weight excluding hydrogens is 202 g/mol. The van der Waals surface area contributed by atoms with Crippen molar-refractivity contribution in [3.05, 3.63) is 30.1 Å². The van der Waals surface area contributed by atoms with Gasteiger partial charge in [-0.05, 0) is 24.5 Å². The molecule has 0 unspecified atom stereocenters. The highest BCUT2D eigenvalue weighted by atomic mass is 16.2. The lowest BCUT2D eigenvalue weighted by Crippen LogP contribution is -2.37. The van der Waals surface area contributed by atoms with Gasteiger partial charge in [0.15, 0.2) is 0 Å². The van der Waals surface area contributed by atoms with Crippen molar-refractivity contribution >= 4 is 6.03 Å². The van der Waals surface area contributed by atoms with Crippen molar-refractivity contribution in [2.75, 3.05) is 13.1 Å². The molecule has 4 nitrogen and oxygen atoms in total. The second-order valence-electron chi connectivity index (χ2n) is 3.65. The van der Waals surface area contributed by atoms with Crippen LogP contribution in [-0.2, 0) is 6.42 Å². The van der Waals surface area contributed by atoms with Crippen LogP contribution < -0.4 is 10.6 Å². The van der Waals surface area contributed by atoms with Crippen LogP contribution >= 0.6 is 0 Å². The molecule has 0 atom stereocenters. The van der Waals surface area contributed by atoms with Crippen molar-refractivity contribution in [1.82, 2.24) is 15.6 Å². The van der Waals surface area contributed by atoms with Gasteiger partial charge in [0, 0.05) is 25.5 Å². The zero-order chi connectivity index (χ0) is 11.6. The third-order valence-electron chi connectivity index (χ3n) is 2.24. The number of hydrogen-bond acceptors (Lipinski definition) is 2. The van der Waals surface area contributed by atoms with Crippen molar-refractivity contribution in [3.8, 4) is 0 Å². The van der Waals surface area contributed by atoms with Crippen molar-refractivity contribution in [1.29, 1.82) is 0 Å². The molecule has 0 saturated carbocycles. The summed E-state index contributed by atoms with van der Waals surface area (Å²) < 4.78 is 0. The van der Waals surface area contributed by atoms with E-state index < -0.39 is 0 Å². The van der Waals surface area contributed by atoms with Crippen LogP contribution in [0, 0.1) is 0 Å². The van der Waals surface area contributed by atoms with Crippen molar-refractivity contribution in [2.45, 2.75) is 26.2 Å². The smallest absolute Gasteiger partial charge is 0.314 e. The molecule has 1 heterocycles. The van der Waals surface area contributed by atoms with Crippen LogP contribution in [0.4, 0.5) is 4.79 Å². The van der Waals surface area contributed by atoms with Gasteiger partial charge in [0.05, 0.1) is 0 Å². The number of amides is 2. The zero-order valence-electron chi connectivity index (χ0n) is 9.70. The third kappa shape index (κ3) is 5.34. The van der Waals surface area contributed by atoms with E-state index in [0.29, 0.717) is 6.54 Å². The molecular formula is C12H19N3O. The molecule has 0 aliphatic rings. The molecule has 0 aromatic carbocycles. The summed E-state index contributed by atoms with van der Waals surface area (Å²) in [5, 5.41) is 5.62. The van der Waals surface area contributed by atoms with Crippen LogP contribution in [0.5, 0.6) is 0 Å². The number of unbranched alkanes of at least 4 members (excludes halogenated alkanes) is 1. The number of aromatic nitrogens is 1. The third-order valence-corrected chi connectivity index (χ3v) is 2.24. The highest BCUT2D eigenvalue weighted by Gasteiger charge is 1.98. The molecule has 0 radical (unpaired) electrons. The number of pyridine rings is 1. The summed E-state index contributed by atoms with van der Waals surface area (Å²) in [7, 11) is 0. The predicted octanol–water partition coefficient (Wildman–Crippen LogP) is 1.72. The van der Waals surface area contributed by atoms with Crippen molar-refractivity contribution in [2.24, 2.45) is 0 Å². The Morgan fingerprint density at radius 3 is 2.88 bits per heavy atom. The van der Waals surface area contributed by atoms with E-state index >= 15 is 0 Å². The Labute approximate surface area is 96.5 Å². The Kier molecular flexibility index (Phi) is 5.99. The van der Waals surface area contributed by atoms with Crippen LogP contribution in [-0.4, -0.2) is 24.1 Å². The molecule has 2 N–H and O–H groups in total. The van der Waals surface area contributed by atoms with Crippen LogP contribution in [0.25, 0.3) is 0 Å². The molecule has 1 aromatic rings. The number of hydrogen-bond donors (Lipinski definition) is 2. The number of nitrogens with one attached hydrogen (secondary N) is 2. The number of urea groups is 1. The van der Waals surface area contributed by atoms with Crippen molar-refractivity contribution in [3.63, 3.8) is 0 Å². The molecule has 0 fully saturated rings. The maximum Gasteiger partial charge on any atom is 0.314 e. The Bertz CT molecular complexity index is 300.